The van der Waals surface area contributed by atoms with Gasteiger partial charge >= 0.3 is 0 Å². The third-order valence-corrected chi connectivity index (χ3v) is 4.83. The summed E-state index contributed by atoms with van der Waals surface area (Å²) >= 11 is 0. The standard InChI is InChI=1S/C19H23N3O2/c1-2-16-13-21(10-11-24-16)19(23)18-12-17(14-8-9-14)20-22(18)15-6-4-3-5-7-15/h3-7,12,14,16H,2,8-11,13H2,1H3. The van der Waals surface area contributed by atoms with Crippen LogP contribution >= 0.6 is 0 Å². The molecule has 126 valence electrons. The average Bonchev–Trinajstić information content (AvgIpc) is 3.40. The van der Waals surface area contributed by atoms with Crippen molar-refractivity contribution in [2.75, 3.05) is 19.7 Å². The Hall–Kier alpha value is -2.14. The summed E-state index contributed by atoms with van der Waals surface area (Å²) in [4.78, 5) is 15.0. The molecule has 2 aliphatic rings. The third-order valence-electron chi connectivity index (χ3n) is 4.83. The van der Waals surface area contributed by atoms with Crippen molar-refractivity contribution < 1.29 is 9.53 Å². The quantitative estimate of drug-likeness (QED) is 0.868. The number of amides is 1. The maximum Gasteiger partial charge on any atom is 0.272 e. The first-order valence-corrected chi connectivity index (χ1v) is 8.82. The Labute approximate surface area is 142 Å². The van der Waals surface area contributed by atoms with E-state index >= 15 is 0 Å². The maximum absolute atomic E-state index is 13.1. The number of hydrogen-bond acceptors (Lipinski definition) is 3. The van der Waals surface area contributed by atoms with Crippen molar-refractivity contribution in [1.29, 1.82) is 0 Å². The smallest absolute Gasteiger partial charge is 0.272 e. The predicted octanol–water partition coefficient (Wildman–Crippen LogP) is 3.00. The highest BCUT2D eigenvalue weighted by molar-refractivity contribution is 5.93. The van der Waals surface area contributed by atoms with Crippen LogP contribution in [0, 0.1) is 0 Å². The van der Waals surface area contributed by atoms with Crippen LogP contribution in [-0.2, 0) is 4.74 Å². The van der Waals surface area contributed by atoms with Crippen LogP contribution in [0.2, 0.25) is 0 Å². The van der Waals surface area contributed by atoms with Gasteiger partial charge in [0.25, 0.3) is 5.91 Å². The molecule has 24 heavy (non-hydrogen) atoms. The largest absolute Gasteiger partial charge is 0.375 e. The zero-order valence-electron chi connectivity index (χ0n) is 14.0. The molecule has 4 rings (SSSR count). The van der Waals surface area contributed by atoms with Crippen molar-refractivity contribution in [2.24, 2.45) is 0 Å². The fraction of sp³-hybridized carbons (Fsp3) is 0.474. The minimum absolute atomic E-state index is 0.0556. The van der Waals surface area contributed by atoms with Gasteiger partial charge in [0, 0.05) is 19.0 Å². The van der Waals surface area contributed by atoms with Gasteiger partial charge in [-0.2, -0.15) is 5.10 Å². The first kappa shape index (κ1) is 15.4. The lowest BCUT2D eigenvalue weighted by atomic mass is 10.2. The molecule has 5 nitrogen and oxygen atoms in total. The van der Waals surface area contributed by atoms with Gasteiger partial charge in [-0.05, 0) is 37.5 Å². The van der Waals surface area contributed by atoms with Crippen LogP contribution < -0.4 is 0 Å². The number of rotatable bonds is 4. The fourth-order valence-corrected chi connectivity index (χ4v) is 3.21. The van der Waals surface area contributed by atoms with E-state index in [-0.39, 0.29) is 12.0 Å². The highest BCUT2D eigenvalue weighted by atomic mass is 16.5. The molecule has 0 radical (unpaired) electrons. The third kappa shape index (κ3) is 2.96. The lowest BCUT2D eigenvalue weighted by Crippen LogP contribution is -2.45. The second-order valence-corrected chi connectivity index (χ2v) is 6.63. The number of carbonyl (C=O) groups is 1. The molecule has 0 spiro atoms. The normalized spacial score (nSPS) is 21.0. The number of morpholine rings is 1. The number of ether oxygens (including phenoxy) is 1. The second-order valence-electron chi connectivity index (χ2n) is 6.63. The van der Waals surface area contributed by atoms with Crippen molar-refractivity contribution in [3.63, 3.8) is 0 Å². The van der Waals surface area contributed by atoms with Crippen molar-refractivity contribution in [2.45, 2.75) is 38.2 Å². The van der Waals surface area contributed by atoms with Crippen LogP contribution in [0.3, 0.4) is 0 Å². The minimum Gasteiger partial charge on any atom is -0.375 e. The summed E-state index contributed by atoms with van der Waals surface area (Å²) in [6, 6.07) is 11.9. The average molecular weight is 325 g/mol. The van der Waals surface area contributed by atoms with E-state index in [0.717, 1.165) is 17.8 Å². The molecule has 1 aromatic heterocycles. The van der Waals surface area contributed by atoms with Crippen LogP contribution in [0.1, 0.15) is 48.3 Å². The Morgan fingerprint density at radius 2 is 2.08 bits per heavy atom. The highest BCUT2D eigenvalue weighted by Gasteiger charge is 2.31. The van der Waals surface area contributed by atoms with Crippen LogP contribution in [-0.4, -0.2) is 46.4 Å². The molecule has 1 atom stereocenters. The van der Waals surface area contributed by atoms with Gasteiger partial charge in [0.1, 0.15) is 5.69 Å². The summed E-state index contributed by atoms with van der Waals surface area (Å²) in [7, 11) is 0. The van der Waals surface area contributed by atoms with Gasteiger partial charge in [-0.25, -0.2) is 4.68 Å². The van der Waals surface area contributed by atoms with E-state index in [9.17, 15) is 4.79 Å². The van der Waals surface area contributed by atoms with Gasteiger partial charge in [-0.3, -0.25) is 4.79 Å². The molecular weight excluding hydrogens is 302 g/mol. The van der Waals surface area contributed by atoms with E-state index in [4.69, 9.17) is 9.84 Å². The number of benzene rings is 1. The molecule has 1 unspecified atom stereocenters. The number of carbonyl (C=O) groups excluding carboxylic acids is 1. The van der Waals surface area contributed by atoms with Crippen molar-refractivity contribution in [3.8, 4) is 5.69 Å². The van der Waals surface area contributed by atoms with Crippen LogP contribution in [0.25, 0.3) is 5.69 Å². The lowest BCUT2D eigenvalue weighted by molar-refractivity contribution is -0.0229. The fourth-order valence-electron chi connectivity index (χ4n) is 3.21. The monoisotopic (exact) mass is 325 g/mol. The summed E-state index contributed by atoms with van der Waals surface area (Å²) in [5, 5.41) is 4.74. The number of aromatic nitrogens is 2. The highest BCUT2D eigenvalue weighted by Crippen LogP contribution is 2.39. The lowest BCUT2D eigenvalue weighted by Gasteiger charge is -2.32. The van der Waals surface area contributed by atoms with E-state index in [1.807, 2.05) is 46.0 Å². The van der Waals surface area contributed by atoms with Gasteiger partial charge in [0.2, 0.25) is 0 Å². The summed E-state index contributed by atoms with van der Waals surface area (Å²) in [5.74, 6) is 0.578. The zero-order valence-corrected chi connectivity index (χ0v) is 14.0. The molecule has 1 saturated carbocycles. The Morgan fingerprint density at radius 1 is 1.29 bits per heavy atom. The van der Waals surface area contributed by atoms with E-state index in [1.54, 1.807) is 0 Å². The second kappa shape index (κ2) is 6.40. The summed E-state index contributed by atoms with van der Waals surface area (Å²) in [6.45, 7) is 4.01. The van der Waals surface area contributed by atoms with Gasteiger partial charge in [0.05, 0.1) is 24.1 Å². The molecule has 1 amide bonds. The summed E-state index contributed by atoms with van der Waals surface area (Å²) in [6.07, 6.45) is 3.41. The minimum atomic E-state index is 0.0556. The van der Waals surface area contributed by atoms with E-state index < -0.39 is 0 Å². The summed E-state index contributed by atoms with van der Waals surface area (Å²) in [5.41, 5.74) is 2.65. The molecule has 1 aliphatic carbocycles. The number of para-hydroxylation sites is 1. The van der Waals surface area contributed by atoms with Crippen molar-refractivity contribution in [3.05, 3.63) is 47.8 Å². The molecular formula is C19H23N3O2. The molecule has 2 aromatic rings. The van der Waals surface area contributed by atoms with Crippen LogP contribution in [0.5, 0.6) is 0 Å². The van der Waals surface area contributed by atoms with Gasteiger partial charge in [-0.15, -0.1) is 0 Å². The Morgan fingerprint density at radius 3 is 2.79 bits per heavy atom. The summed E-state index contributed by atoms with van der Waals surface area (Å²) < 4.78 is 7.51. The van der Waals surface area contributed by atoms with E-state index in [2.05, 4.69) is 6.92 Å². The molecule has 0 bridgehead atoms. The van der Waals surface area contributed by atoms with E-state index in [0.29, 0.717) is 31.3 Å². The first-order chi connectivity index (χ1) is 11.8. The molecule has 2 fully saturated rings. The van der Waals surface area contributed by atoms with Crippen LogP contribution in [0.15, 0.2) is 36.4 Å². The Bertz CT molecular complexity index is 721. The first-order valence-electron chi connectivity index (χ1n) is 8.82. The SMILES string of the molecule is CCC1CN(C(=O)c2cc(C3CC3)nn2-c2ccccc2)CCO1. The Balaban J connectivity index is 1.67. The molecule has 1 saturated heterocycles. The molecule has 1 aromatic carbocycles. The van der Waals surface area contributed by atoms with Gasteiger partial charge < -0.3 is 9.64 Å². The maximum atomic E-state index is 13.1. The zero-order chi connectivity index (χ0) is 16.5. The molecule has 1 aliphatic heterocycles. The number of hydrogen-bond donors (Lipinski definition) is 0. The van der Waals surface area contributed by atoms with Gasteiger partial charge in [0.15, 0.2) is 0 Å². The molecule has 0 N–H and O–H groups in total. The predicted molar refractivity (Wildman–Crippen MR) is 91.5 cm³/mol. The molecule has 2 heterocycles. The topological polar surface area (TPSA) is 47.4 Å². The Kier molecular flexibility index (Phi) is 4.10. The van der Waals surface area contributed by atoms with E-state index in [1.165, 1.54) is 12.8 Å². The van der Waals surface area contributed by atoms with Gasteiger partial charge in [-0.1, -0.05) is 25.1 Å². The van der Waals surface area contributed by atoms with Crippen molar-refractivity contribution >= 4 is 5.91 Å². The van der Waals surface area contributed by atoms with Crippen molar-refractivity contribution in [1.82, 2.24) is 14.7 Å². The van der Waals surface area contributed by atoms with Crippen LogP contribution in [0.4, 0.5) is 0 Å². The molecule has 5 heteroatoms. The number of nitrogens with zero attached hydrogens (tertiary/aromatic N) is 3.